The van der Waals surface area contributed by atoms with Gasteiger partial charge in [0, 0.05) is 0 Å². The van der Waals surface area contributed by atoms with Crippen LogP contribution < -0.4 is 5.73 Å². The van der Waals surface area contributed by atoms with Crippen LogP contribution in [0.25, 0.3) is 0 Å². The molecule has 1 aliphatic carbocycles. The van der Waals surface area contributed by atoms with Crippen LogP contribution in [0.2, 0.25) is 0 Å². The largest absolute Gasteiger partial charge is 0.460 e. The monoisotopic (exact) mass is 199 g/mol. The molecule has 0 radical (unpaired) electrons. The van der Waals surface area contributed by atoms with Crippen LogP contribution in [0.1, 0.15) is 40.0 Å². The highest BCUT2D eigenvalue weighted by Gasteiger charge is 2.36. The number of esters is 1. The Labute approximate surface area is 86.0 Å². The molecule has 0 saturated heterocycles. The van der Waals surface area contributed by atoms with Gasteiger partial charge in [0.2, 0.25) is 0 Å². The normalized spacial score (nSPS) is 26.9. The number of hydrogen-bond acceptors (Lipinski definition) is 3. The first-order valence-electron chi connectivity index (χ1n) is 5.35. The van der Waals surface area contributed by atoms with E-state index in [1.54, 1.807) is 0 Å². The van der Waals surface area contributed by atoms with E-state index >= 15 is 0 Å². The van der Waals surface area contributed by atoms with Gasteiger partial charge in [-0.25, -0.2) is 0 Å². The number of nitrogens with two attached hydrogens (primary N) is 1. The molecule has 0 heterocycles. The molecule has 0 aromatic heterocycles. The predicted octanol–water partition coefficient (Wildman–Crippen LogP) is 1.70. The fourth-order valence-corrected chi connectivity index (χ4v) is 1.78. The van der Waals surface area contributed by atoms with Gasteiger partial charge in [-0.2, -0.15) is 0 Å². The third kappa shape index (κ3) is 3.29. The van der Waals surface area contributed by atoms with Crippen molar-refractivity contribution in [2.24, 2.45) is 17.6 Å². The maximum atomic E-state index is 11.5. The van der Waals surface area contributed by atoms with Crippen molar-refractivity contribution >= 4 is 5.97 Å². The Morgan fingerprint density at radius 3 is 2.43 bits per heavy atom. The highest BCUT2D eigenvalue weighted by molar-refractivity contribution is 5.73. The zero-order valence-corrected chi connectivity index (χ0v) is 9.38. The maximum Gasteiger partial charge on any atom is 0.309 e. The Bertz CT molecular complexity index is 202. The summed E-state index contributed by atoms with van der Waals surface area (Å²) in [5, 5.41) is 0. The fourth-order valence-electron chi connectivity index (χ4n) is 1.78. The van der Waals surface area contributed by atoms with Crippen molar-refractivity contribution in [2.75, 3.05) is 6.54 Å². The van der Waals surface area contributed by atoms with E-state index < -0.39 is 0 Å². The fraction of sp³-hybridized carbons (Fsp3) is 0.909. The van der Waals surface area contributed by atoms with Gasteiger partial charge in [0.05, 0.1) is 5.92 Å². The van der Waals surface area contributed by atoms with Gasteiger partial charge in [0.15, 0.2) is 0 Å². The van der Waals surface area contributed by atoms with Crippen molar-refractivity contribution in [1.29, 1.82) is 0 Å². The highest BCUT2D eigenvalue weighted by Crippen LogP contribution is 2.37. The standard InChI is InChI=1S/C11H21NO2/c1-11(2,3)14-10(13)9-6-8(7-9)4-5-12/h8-9H,4-7,12H2,1-3H3. The predicted molar refractivity (Wildman–Crippen MR) is 55.7 cm³/mol. The molecule has 3 nitrogen and oxygen atoms in total. The first-order valence-corrected chi connectivity index (χ1v) is 5.35. The van der Waals surface area contributed by atoms with Crippen molar-refractivity contribution < 1.29 is 9.53 Å². The summed E-state index contributed by atoms with van der Waals surface area (Å²) in [4.78, 5) is 11.5. The molecule has 0 bridgehead atoms. The molecule has 2 N–H and O–H groups in total. The molecule has 1 saturated carbocycles. The van der Waals surface area contributed by atoms with Gasteiger partial charge in [0.25, 0.3) is 0 Å². The zero-order valence-electron chi connectivity index (χ0n) is 9.38. The molecule has 0 aromatic carbocycles. The second-order valence-corrected chi connectivity index (χ2v) is 5.15. The summed E-state index contributed by atoms with van der Waals surface area (Å²) in [5.74, 6) is 0.745. The molecule has 0 aliphatic heterocycles. The lowest BCUT2D eigenvalue weighted by molar-refractivity contribution is -0.164. The third-order valence-electron chi connectivity index (χ3n) is 2.55. The van der Waals surface area contributed by atoms with Gasteiger partial charge in [-0.15, -0.1) is 0 Å². The summed E-state index contributed by atoms with van der Waals surface area (Å²) >= 11 is 0. The third-order valence-corrected chi connectivity index (χ3v) is 2.55. The Kier molecular flexibility index (Phi) is 3.53. The number of ether oxygens (including phenoxy) is 1. The molecule has 1 aliphatic rings. The van der Waals surface area contributed by atoms with Gasteiger partial charge >= 0.3 is 5.97 Å². The molecule has 82 valence electrons. The average Bonchev–Trinajstić information content (AvgIpc) is 1.91. The Hall–Kier alpha value is -0.570. The van der Waals surface area contributed by atoms with E-state index in [1.165, 1.54) is 0 Å². The summed E-state index contributed by atoms with van der Waals surface area (Å²) in [6.45, 7) is 6.44. The second-order valence-electron chi connectivity index (χ2n) is 5.15. The van der Waals surface area contributed by atoms with E-state index in [0.29, 0.717) is 5.92 Å². The summed E-state index contributed by atoms with van der Waals surface area (Å²) < 4.78 is 5.30. The van der Waals surface area contributed by atoms with Crippen molar-refractivity contribution in [2.45, 2.75) is 45.6 Å². The number of hydrogen-bond donors (Lipinski definition) is 1. The summed E-state index contributed by atoms with van der Waals surface area (Å²) in [5.41, 5.74) is 5.09. The van der Waals surface area contributed by atoms with Gasteiger partial charge in [-0.05, 0) is 52.5 Å². The molecule has 1 rings (SSSR count). The maximum absolute atomic E-state index is 11.5. The van der Waals surface area contributed by atoms with Gasteiger partial charge in [0.1, 0.15) is 5.60 Å². The zero-order chi connectivity index (χ0) is 10.8. The number of carbonyl (C=O) groups excluding carboxylic acids is 1. The average molecular weight is 199 g/mol. The van der Waals surface area contributed by atoms with E-state index in [1.807, 2.05) is 20.8 Å². The smallest absolute Gasteiger partial charge is 0.309 e. The van der Waals surface area contributed by atoms with Crippen LogP contribution in [0, 0.1) is 11.8 Å². The second kappa shape index (κ2) is 4.30. The molecule has 0 amide bonds. The molecule has 0 atom stereocenters. The van der Waals surface area contributed by atoms with Gasteiger partial charge in [-0.3, -0.25) is 4.79 Å². The summed E-state index contributed by atoms with van der Waals surface area (Å²) in [6, 6.07) is 0. The number of rotatable bonds is 3. The van der Waals surface area contributed by atoms with Crippen LogP contribution in [0.4, 0.5) is 0 Å². The lowest BCUT2D eigenvalue weighted by atomic mass is 9.73. The molecule has 14 heavy (non-hydrogen) atoms. The Morgan fingerprint density at radius 1 is 1.43 bits per heavy atom. The molecular weight excluding hydrogens is 178 g/mol. The van der Waals surface area contributed by atoms with E-state index in [-0.39, 0.29) is 17.5 Å². The van der Waals surface area contributed by atoms with E-state index in [4.69, 9.17) is 10.5 Å². The molecule has 0 spiro atoms. The highest BCUT2D eigenvalue weighted by atomic mass is 16.6. The molecule has 3 heteroatoms. The minimum Gasteiger partial charge on any atom is -0.460 e. The Balaban J connectivity index is 2.23. The summed E-state index contributed by atoms with van der Waals surface area (Å²) in [7, 11) is 0. The van der Waals surface area contributed by atoms with E-state index in [2.05, 4.69) is 0 Å². The lowest BCUT2D eigenvalue weighted by Gasteiger charge is -2.35. The van der Waals surface area contributed by atoms with Crippen molar-refractivity contribution in [3.05, 3.63) is 0 Å². The van der Waals surface area contributed by atoms with Gasteiger partial charge in [-0.1, -0.05) is 0 Å². The van der Waals surface area contributed by atoms with Crippen molar-refractivity contribution in [1.82, 2.24) is 0 Å². The van der Waals surface area contributed by atoms with Crippen LogP contribution in [0.5, 0.6) is 0 Å². The minimum atomic E-state index is -0.351. The summed E-state index contributed by atoms with van der Waals surface area (Å²) in [6.07, 6.45) is 2.97. The van der Waals surface area contributed by atoms with Crippen LogP contribution >= 0.6 is 0 Å². The van der Waals surface area contributed by atoms with Crippen LogP contribution in [-0.4, -0.2) is 18.1 Å². The number of carbonyl (C=O) groups is 1. The van der Waals surface area contributed by atoms with Gasteiger partial charge < -0.3 is 10.5 Å². The Morgan fingerprint density at radius 2 is 2.00 bits per heavy atom. The first kappa shape index (κ1) is 11.5. The molecule has 0 aromatic rings. The molecule has 1 fully saturated rings. The van der Waals surface area contributed by atoms with Crippen LogP contribution in [-0.2, 0) is 9.53 Å². The first-order chi connectivity index (χ1) is 6.42. The molecule has 0 unspecified atom stereocenters. The van der Waals surface area contributed by atoms with Crippen LogP contribution in [0.3, 0.4) is 0 Å². The minimum absolute atomic E-state index is 0.0363. The van der Waals surface area contributed by atoms with E-state index in [9.17, 15) is 4.79 Å². The van der Waals surface area contributed by atoms with Crippen LogP contribution in [0.15, 0.2) is 0 Å². The SMILES string of the molecule is CC(C)(C)OC(=O)C1CC(CCN)C1. The lowest BCUT2D eigenvalue weighted by Crippen LogP contribution is -2.36. The quantitative estimate of drug-likeness (QED) is 0.704. The topological polar surface area (TPSA) is 52.3 Å². The van der Waals surface area contributed by atoms with E-state index in [0.717, 1.165) is 25.8 Å². The van der Waals surface area contributed by atoms with Crippen molar-refractivity contribution in [3.8, 4) is 0 Å². The molecular formula is C11H21NO2. The van der Waals surface area contributed by atoms with Crippen molar-refractivity contribution in [3.63, 3.8) is 0 Å².